The summed E-state index contributed by atoms with van der Waals surface area (Å²) in [5.41, 5.74) is 2.20. The van der Waals surface area contributed by atoms with Crippen molar-refractivity contribution < 1.29 is 14.2 Å². The first kappa shape index (κ1) is 16.9. The fourth-order valence-electron chi connectivity index (χ4n) is 3.34. The van der Waals surface area contributed by atoms with Crippen molar-refractivity contribution in [3.8, 4) is 0 Å². The molecule has 2 aromatic heterocycles. The van der Waals surface area contributed by atoms with E-state index in [0.717, 1.165) is 18.4 Å². The lowest BCUT2D eigenvalue weighted by Crippen LogP contribution is -2.18. The van der Waals surface area contributed by atoms with E-state index in [9.17, 15) is 9.50 Å². The van der Waals surface area contributed by atoms with Gasteiger partial charge >= 0.3 is 0 Å². The van der Waals surface area contributed by atoms with Gasteiger partial charge in [0.1, 0.15) is 18.4 Å². The summed E-state index contributed by atoms with van der Waals surface area (Å²) < 4.78 is 21.1. The Morgan fingerprint density at radius 2 is 2.19 bits per heavy atom. The van der Waals surface area contributed by atoms with Crippen molar-refractivity contribution in [2.45, 2.75) is 31.7 Å². The standard InChI is InChI=1S/C18H20FN5O2/c1-23(8-12-3-2-4-13(19)7-12)17-16-18(21-10-20-17)24(11-22-16)15-6-5-14(9-25)26-15/h2-4,7,10-11,14-15,25H,5-6,8-9H2,1H3/t14-,15+/m0/s1. The van der Waals surface area contributed by atoms with Gasteiger partial charge in [-0.1, -0.05) is 12.1 Å². The molecule has 3 heterocycles. The topological polar surface area (TPSA) is 76.3 Å². The number of rotatable bonds is 5. The SMILES string of the molecule is CN(Cc1cccc(F)c1)c1ncnc2c1ncn2[C@H]1CC[C@@H](CO)O1. The van der Waals surface area contributed by atoms with E-state index in [-0.39, 0.29) is 24.8 Å². The maximum Gasteiger partial charge on any atom is 0.167 e. The molecule has 0 saturated carbocycles. The van der Waals surface area contributed by atoms with Crippen LogP contribution in [0.3, 0.4) is 0 Å². The molecule has 136 valence electrons. The van der Waals surface area contributed by atoms with Crippen LogP contribution in [0.15, 0.2) is 36.9 Å². The second-order valence-corrected chi connectivity index (χ2v) is 6.48. The van der Waals surface area contributed by atoms with E-state index in [1.165, 1.54) is 18.5 Å². The van der Waals surface area contributed by atoms with E-state index >= 15 is 0 Å². The van der Waals surface area contributed by atoms with E-state index in [0.29, 0.717) is 23.5 Å². The molecule has 0 bridgehead atoms. The van der Waals surface area contributed by atoms with Crippen molar-refractivity contribution in [2.24, 2.45) is 0 Å². The average molecular weight is 357 g/mol. The summed E-state index contributed by atoms with van der Waals surface area (Å²) in [5.74, 6) is 0.416. The van der Waals surface area contributed by atoms with Crippen molar-refractivity contribution in [2.75, 3.05) is 18.6 Å². The molecule has 0 unspecified atom stereocenters. The number of halogens is 1. The number of fused-ring (bicyclic) bond motifs is 1. The zero-order chi connectivity index (χ0) is 18.1. The van der Waals surface area contributed by atoms with E-state index in [1.807, 2.05) is 22.6 Å². The highest BCUT2D eigenvalue weighted by Gasteiger charge is 2.28. The number of hydrogen-bond donors (Lipinski definition) is 1. The highest BCUT2D eigenvalue weighted by atomic mass is 19.1. The van der Waals surface area contributed by atoms with Gasteiger partial charge in [-0.15, -0.1) is 0 Å². The smallest absolute Gasteiger partial charge is 0.167 e. The molecule has 7 nitrogen and oxygen atoms in total. The molecule has 1 N–H and O–H groups in total. The first-order valence-corrected chi connectivity index (χ1v) is 8.55. The first-order valence-electron chi connectivity index (χ1n) is 8.55. The van der Waals surface area contributed by atoms with Crippen LogP contribution in [0.1, 0.15) is 24.6 Å². The molecule has 8 heteroatoms. The molecular formula is C18H20FN5O2. The van der Waals surface area contributed by atoms with Gasteiger partial charge in [0.25, 0.3) is 0 Å². The predicted octanol–water partition coefficient (Wildman–Crippen LogP) is 2.27. The third-order valence-corrected chi connectivity index (χ3v) is 4.61. The number of nitrogens with zero attached hydrogens (tertiary/aromatic N) is 5. The zero-order valence-corrected chi connectivity index (χ0v) is 14.4. The molecule has 0 spiro atoms. The van der Waals surface area contributed by atoms with Gasteiger partial charge in [-0.3, -0.25) is 4.57 Å². The van der Waals surface area contributed by atoms with Gasteiger partial charge in [0.2, 0.25) is 0 Å². The summed E-state index contributed by atoms with van der Waals surface area (Å²) in [7, 11) is 1.89. The fraction of sp³-hybridized carbons (Fsp3) is 0.389. The normalized spacial score (nSPS) is 20.0. The second kappa shape index (κ2) is 6.97. The number of aliphatic hydroxyl groups is 1. The molecule has 3 aromatic rings. The van der Waals surface area contributed by atoms with E-state index in [1.54, 1.807) is 12.4 Å². The van der Waals surface area contributed by atoms with Crippen LogP contribution in [0.4, 0.5) is 10.2 Å². The first-order chi connectivity index (χ1) is 12.7. The third-order valence-electron chi connectivity index (χ3n) is 4.61. The maximum absolute atomic E-state index is 13.4. The van der Waals surface area contributed by atoms with Crippen LogP contribution in [0, 0.1) is 5.82 Å². The molecule has 0 radical (unpaired) electrons. The lowest BCUT2D eigenvalue weighted by molar-refractivity contribution is -0.0207. The molecular weight excluding hydrogens is 337 g/mol. The van der Waals surface area contributed by atoms with Crippen LogP contribution in [0.2, 0.25) is 0 Å². The molecule has 4 rings (SSSR count). The summed E-state index contributed by atoms with van der Waals surface area (Å²) in [6, 6.07) is 6.50. The monoisotopic (exact) mass is 357 g/mol. The van der Waals surface area contributed by atoms with Crippen molar-refractivity contribution >= 4 is 17.0 Å². The highest BCUT2D eigenvalue weighted by molar-refractivity contribution is 5.83. The Bertz CT molecular complexity index is 915. The quantitative estimate of drug-likeness (QED) is 0.755. The Labute approximate surface area is 150 Å². The van der Waals surface area contributed by atoms with E-state index in [2.05, 4.69) is 15.0 Å². The maximum atomic E-state index is 13.4. The second-order valence-electron chi connectivity index (χ2n) is 6.48. The lowest BCUT2D eigenvalue weighted by atomic mass is 10.2. The lowest BCUT2D eigenvalue weighted by Gasteiger charge is -2.19. The molecule has 0 amide bonds. The summed E-state index contributed by atoms with van der Waals surface area (Å²) in [6.07, 6.45) is 4.47. The molecule has 0 aliphatic carbocycles. The van der Waals surface area contributed by atoms with E-state index in [4.69, 9.17) is 4.74 Å². The number of hydrogen-bond acceptors (Lipinski definition) is 6. The van der Waals surface area contributed by atoms with Crippen molar-refractivity contribution in [1.29, 1.82) is 0 Å². The number of ether oxygens (including phenoxy) is 1. The number of benzene rings is 1. The Hall–Kier alpha value is -2.58. The summed E-state index contributed by atoms with van der Waals surface area (Å²) in [6.45, 7) is 0.517. The minimum absolute atomic E-state index is 0.0136. The van der Waals surface area contributed by atoms with Gasteiger partial charge < -0.3 is 14.7 Å². The molecule has 1 aliphatic heterocycles. The van der Waals surface area contributed by atoms with Crippen LogP contribution >= 0.6 is 0 Å². The largest absolute Gasteiger partial charge is 0.394 e. The van der Waals surface area contributed by atoms with Gasteiger partial charge in [0.05, 0.1) is 19.0 Å². The Kier molecular flexibility index (Phi) is 4.52. The fourth-order valence-corrected chi connectivity index (χ4v) is 3.34. The molecule has 1 saturated heterocycles. The predicted molar refractivity (Wildman–Crippen MR) is 94.1 cm³/mol. The molecule has 2 atom stereocenters. The summed E-state index contributed by atoms with van der Waals surface area (Å²) in [5, 5.41) is 9.26. The Morgan fingerprint density at radius 1 is 1.31 bits per heavy atom. The minimum atomic E-state index is -0.259. The van der Waals surface area contributed by atoms with Gasteiger partial charge in [-0.25, -0.2) is 19.3 Å². The highest BCUT2D eigenvalue weighted by Crippen LogP contribution is 2.31. The van der Waals surface area contributed by atoms with Crippen molar-refractivity contribution in [3.63, 3.8) is 0 Å². The van der Waals surface area contributed by atoms with Crippen LogP contribution in [-0.4, -0.2) is 44.4 Å². The van der Waals surface area contributed by atoms with E-state index < -0.39 is 0 Å². The summed E-state index contributed by atoms with van der Waals surface area (Å²) >= 11 is 0. The van der Waals surface area contributed by atoms with Crippen LogP contribution < -0.4 is 4.90 Å². The van der Waals surface area contributed by atoms with Gasteiger partial charge in [0, 0.05) is 13.6 Å². The van der Waals surface area contributed by atoms with Crippen molar-refractivity contribution in [3.05, 3.63) is 48.3 Å². The Balaban J connectivity index is 1.62. The number of imidazole rings is 1. The number of anilines is 1. The minimum Gasteiger partial charge on any atom is -0.394 e. The van der Waals surface area contributed by atoms with Gasteiger partial charge in [-0.2, -0.15) is 0 Å². The van der Waals surface area contributed by atoms with Crippen LogP contribution in [-0.2, 0) is 11.3 Å². The van der Waals surface area contributed by atoms with Gasteiger partial charge in [-0.05, 0) is 30.5 Å². The van der Waals surface area contributed by atoms with Crippen molar-refractivity contribution in [1.82, 2.24) is 19.5 Å². The van der Waals surface area contributed by atoms with Crippen LogP contribution in [0.25, 0.3) is 11.2 Å². The molecule has 1 fully saturated rings. The zero-order valence-electron chi connectivity index (χ0n) is 14.4. The molecule has 26 heavy (non-hydrogen) atoms. The van der Waals surface area contributed by atoms with Gasteiger partial charge in [0.15, 0.2) is 17.0 Å². The summed E-state index contributed by atoms with van der Waals surface area (Å²) in [4.78, 5) is 15.1. The Morgan fingerprint density at radius 3 is 2.96 bits per heavy atom. The average Bonchev–Trinajstić information content (AvgIpc) is 3.27. The number of aliphatic hydroxyl groups excluding tert-OH is 1. The van der Waals surface area contributed by atoms with Crippen LogP contribution in [0.5, 0.6) is 0 Å². The number of aromatic nitrogens is 4. The molecule has 1 aliphatic rings. The third kappa shape index (κ3) is 3.13. The molecule has 1 aromatic carbocycles.